The normalized spacial score (nSPS) is 14.5. The first kappa shape index (κ1) is 26.7. The van der Waals surface area contributed by atoms with Gasteiger partial charge in [-0.2, -0.15) is 0 Å². The van der Waals surface area contributed by atoms with Crippen molar-refractivity contribution in [2.45, 2.75) is 46.3 Å². The first-order chi connectivity index (χ1) is 10.7. The molecule has 0 aromatic carbocycles. The Balaban J connectivity index is 0. The summed E-state index contributed by atoms with van der Waals surface area (Å²) in [6.07, 6.45) is 2.91. The van der Waals surface area contributed by atoms with Crippen LogP contribution in [0.1, 0.15) is 34.6 Å². The molecule has 150 valence electrons. The van der Waals surface area contributed by atoms with E-state index in [1.165, 1.54) is 0 Å². The lowest BCUT2D eigenvalue weighted by atomic mass is 10.2. The molecule has 1 rings (SSSR count). The molecule has 1 aliphatic heterocycles. The van der Waals surface area contributed by atoms with Crippen LogP contribution in [0, 0.1) is 0 Å². The zero-order valence-corrected chi connectivity index (χ0v) is 18.2. The Kier molecular flexibility index (Phi) is 12.8. The van der Waals surface area contributed by atoms with E-state index in [0.29, 0.717) is 6.54 Å². The number of ether oxygens (including phenoxy) is 1. The molecule has 0 saturated carbocycles. The summed E-state index contributed by atoms with van der Waals surface area (Å²) in [5.74, 6) is -0.194. The van der Waals surface area contributed by atoms with Gasteiger partial charge in [0.25, 0.3) is 0 Å². The van der Waals surface area contributed by atoms with Gasteiger partial charge in [0.2, 0.25) is 6.34 Å². The van der Waals surface area contributed by atoms with E-state index >= 15 is 0 Å². The van der Waals surface area contributed by atoms with Gasteiger partial charge in [0.05, 0.1) is 6.54 Å². The predicted molar refractivity (Wildman–Crippen MR) is 96.4 cm³/mol. The monoisotopic (exact) mass is 442 g/mol. The lowest BCUT2D eigenvalue weighted by molar-refractivity contribution is -0.504. The molecule has 9 heteroatoms. The number of carbonyl (C=O) groups excluding carboxylic acids is 1. The second-order valence-electron chi connectivity index (χ2n) is 6.61. The average molecular weight is 443 g/mol. The molecule has 7 nitrogen and oxygen atoms in total. The third-order valence-corrected chi connectivity index (χ3v) is 6.45. The first-order valence-corrected chi connectivity index (χ1v) is 9.87. The number of rotatable bonds is 9. The molecular formula is C16H35BrN2O5Si. The number of carbonyl (C=O) groups is 1. The first-order valence-electron chi connectivity index (χ1n) is 7.94. The van der Waals surface area contributed by atoms with Crippen LogP contribution in [0.2, 0.25) is 6.04 Å². The quantitative estimate of drug-likeness (QED) is 0.248. The van der Waals surface area contributed by atoms with Gasteiger partial charge >= 0.3 is 14.8 Å². The third kappa shape index (κ3) is 9.69. The molecule has 0 saturated heterocycles. The van der Waals surface area contributed by atoms with Crippen LogP contribution in [-0.2, 0) is 22.8 Å². The van der Waals surface area contributed by atoms with Crippen molar-refractivity contribution in [2.24, 2.45) is 0 Å². The fourth-order valence-corrected chi connectivity index (χ4v) is 4.19. The summed E-state index contributed by atoms with van der Waals surface area (Å²) in [6, 6.07) is 0.771. The average Bonchev–Trinajstić information content (AvgIpc) is 2.89. The van der Waals surface area contributed by atoms with Crippen LogP contribution in [0.25, 0.3) is 0 Å². The Bertz CT molecular complexity index is 417. The van der Waals surface area contributed by atoms with E-state index in [9.17, 15) is 4.79 Å². The fourth-order valence-electron chi connectivity index (χ4n) is 2.49. The standard InChI is InChI=1S/C15H31N2O5Si.CH4.BrH/c1-15(2,3)22-14(18)12-17-10-9-16(13-17)8-7-11-23(19-4,20-5)21-6;;/h13H,7-12H2,1-6H3;1H4;1H/q+1;;/p-1. The molecule has 0 amide bonds. The molecular weight excluding hydrogens is 408 g/mol. The SMILES string of the molecule is C.CO[Si](CCCN1C=[N+](CC(=O)OC(C)(C)C)CC1)(OC)OC.[Br-]. The summed E-state index contributed by atoms with van der Waals surface area (Å²) in [7, 11) is 2.40. The van der Waals surface area contributed by atoms with Gasteiger partial charge in [0.1, 0.15) is 18.7 Å². The van der Waals surface area contributed by atoms with E-state index in [2.05, 4.69) is 4.90 Å². The Labute approximate surface area is 164 Å². The second-order valence-corrected chi connectivity index (χ2v) is 9.70. The van der Waals surface area contributed by atoms with E-state index in [-0.39, 0.29) is 30.4 Å². The van der Waals surface area contributed by atoms with Gasteiger partial charge in [0.15, 0.2) is 6.54 Å². The summed E-state index contributed by atoms with van der Waals surface area (Å²) in [6.45, 7) is 8.55. The zero-order valence-electron chi connectivity index (χ0n) is 15.6. The van der Waals surface area contributed by atoms with Gasteiger partial charge < -0.3 is 35.0 Å². The Morgan fingerprint density at radius 3 is 2.24 bits per heavy atom. The molecule has 0 aliphatic carbocycles. The summed E-state index contributed by atoms with van der Waals surface area (Å²) < 4.78 is 23.6. The predicted octanol–water partition coefficient (Wildman–Crippen LogP) is -1.41. The molecule has 0 aromatic heterocycles. The molecule has 0 radical (unpaired) electrons. The molecule has 0 spiro atoms. The Hall–Kier alpha value is -0.483. The summed E-state index contributed by atoms with van der Waals surface area (Å²) in [4.78, 5) is 14.0. The van der Waals surface area contributed by atoms with Crippen LogP contribution < -0.4 is 17.0 Å². The van der Waals surface area contributed by atoms with E-state index in [1.54, 1.807) is 21.3 Å². The van der Waals surface area contributed by atoms with Crippen molar-refractivity contribution < 1.29 is 44.4 Å². The minimum atomic E-state index is -2.49. The van der Waals surface area contributed by atoms with Gasteiger partial charge in [0, 0.05) is 27.4 Å². The zero-order chi connectivity index (χ0) is 17.5. The summed E-state index contributed by atoms with van der Waals surface area (Å²) >= 11 is 0. The minimum absolute atomic E-state index is 0. The topological polar surface area (TPSA) is 60.2 Å². The van der Waals surface area contributed by atoms with Gasteiger partial charge in [-0.15, -0.1) is 0 Å². The van der Waals surface area contributed by atoms with E-state index in [4.69, 9.17) is 18.0 Å². The maximum Gasteiger partial charge on any atom is 0.500 e. The number of esters is 1. The van der Waals surface area contributed by atoms with Gasteiger partial charge in [-0.1, -0.05) is 7.43 Å². The number of halogens is 1. The molecule has 0 bridgehead atoms. The van der Waals surface area contributed by atoms with Gasteiger partial charge in [-0.3, -0.25) is 9.48 Å². The van der Waals surface area contributed by atoms with E-state index in [0.717, 1.165) is 32.1 Å². The van der Waals surface area contributed by atoms with Crippen molar-refractivity contribution in [1.82, 2.24) is 4.90 Å². The van der Waals surface area contributed by atoms with Crippen LogP contribution in [0.4, 0.5) is 0 Å². The fraction of sp³-hybridized carbons (Fsp3) is 0.875. The van der Waals surface area contributed by atoms with E-state index in [1.807, 2.05) is 31.7 Å². The highest BCUT2D eigenvalue weighted by atomic mass is 79.9. The summed E-state index contributed by atoms with van der Waals surface area (Å²) in [5, 5.41) is 0. The highest BCUT2D eigenvalue weighted by molar-refractivity contribution is 6.60. The van der Waals surface area contributed by atoms with Crippen LogP contribution in [0.5, 0.6) is 0 Å². The van der Waals surface area contributed by atoms with Crippen molar-refractivity contribution >= 4 is 21.1 Å². The van der Waals surface area contributed by atoms with Crippen molar-refractivity contribution in [2.75, 3.05) is 47.5 Å². The van der Waals surface area contributed by atoms with Gasteiger partial charge in [-0.05, 0) is 27.2 Å². The lowest BCUT2D eigenvalue weighted by Gasteiger charge is -2.24. The number of hydrogen-bond acceptors (Lipinski definition) is 6. The minimum Gasteiger partial charge on any atom is -1.00 e. The van der Waals surface area contributed by atoms with Crippen molar-refractivity contribution in [3.63, 3.8) is 0 Å². The highest BCUT2D eigenvalue weighted by Crippen LogP contribution is 2.15. The van der Waals surface area contributed by atoms with Crippen LogP contribution in [-0.4, -0.2) is 83.7 Å². The van der Waals surface area contributed by atoms with Crippen LogP contribution in [0.3, 0.4) is 0 Å². The molecule has 0 atom stereocenters. The molecule has 0 N–H and O–H groups in total. The summed E-state index contributed by atoms with van der Waals surface area (Å²) in [5.41, 5.74) is -0.440. The highest BCUT2D eigenvalue weighted by Gasteiger charge is 2.37. The second kappa shape index (κ2) is 12.0. The largest absolute Gasteiger partial charge is 1.00 e. The maximum atomic E-state index is 11.8. The molecule has 0 aromatic rings. The number of nitrogens with zero attached hydrogens (tertiary/aromatic N) is 2. The third-order valence-electron chi connectivity index (χ3n) is 3.61. The molecule has 0 unspecified atom stereocenters. The number of hydrogen-bond donors (Lipinski definition) is 0. The van der Waals surface area contributed by atoms with E-state index < -0.39 is 14.4 Å². The molecule has 0 fully saturated rings. The van der Waals surface area contributed by atoms with Crippen LogP contribution in [0.15, 0.2) is 0 Å². The van der Waals surface area contributed by atoms with Crippen molar-refractivity contribution in [3.05, 3.63) is 0 Å². The molecule has 25 heavy (non-hydrogen) atoms. The van der Waals surface area contributed by atoms with Gasteiger partial charge in [-0.25, -0.2) is 4.79 Å². The van der Waals surface area contributed by atoms with Crippen LogP contribution >= 0.6 is 0 Å². The van der Waals surface area contributed by atoms with Crippen molar-refractivity contribution in [1.29, 1.82) is 0 Å². The maximum absolute atomic E-state index is 11.8. The molecule has 1 aliphatic rings. The Morgan fingerprint density at radius 2 is 1.76 bits per heavy atom. The smallest absolute Gasteiger partial charge is 0.500 e. The molecule has 1 heterocycles. The lowest BCUT2D eigenvalue weighted by Crippen LogP contribution is -3.00. The van der Waals surface area contributed by atoms with Crippen molar-refractivity contribution in [3.8, 4) is 0 Å². The Morgan fingerprint density at radius 1 is 1.20 bits per heavy atom.